The summed E-state index contributed by atoms with van der Waals surface area (Å²) in [5, 5.41) is 6.63. The molecule has 10 heteroatoms. The van der Waals surface area contributed by atoms with Crippen LogP contribution in [0, 0.1) is 11.6 Å². The number of nitrogens with zero attached hydrogens (tertiary/aromatic N) is 5. The summed E-state index contributed by atoms with van der Waals surface area (Å²) in [6, 6.07) is 4.04. The van der Waals surface area contributed by atoms with E-state index in [0.29, 0.717) is 29.6 Å². The second kappa shape index (κ2) is 13.2. The number of hydrogen-bond donors (Lipinski definition) is 2. The Morgan fingerprint density at radius 3 is 2.45 bits per heavy atom. The lowest BCUT2D eigenvalue weighted by atomic mass is 9.93. The number of piperidine rings is 1. The fraction of sp³-hybridized carbons (Fsp3) is 0.633. The highest BCUT2D eigenvalue weighted by atomic mass is 19.1. The Labute approximate surface area is 235 Å². The first kappa shape index (κ1) is 28.7. The summed E-state index contributed by atoms with van der Waals surface area (Å²) < 4.78 is 36.1. The lowest BCUT2D eigenvalue weighted by Gasteiger charge is -2.31. The van der Waals surface area contributed by atoms with Crippen molar-refractivity contribution >= 4 is 28.7 Å². The summed E-state index contributed by atoms with van der Waals surface area (Å²) in [5.74, 6) is -0.159. The Morgan fingerprint density at radius 1 is 0.925 bits per heavy atom. The number of benzene rings is 1. The van der Waals surface area contributed by atoms with E-state index in [9.17, 15) is 8.78 Å². The van der Waals surface area contributed by atoms with E-state index in [0.717, 1.165) is 76.2 Å². The predicted octanol–water partition coefficient (Wildman–Crippen LogP) is 6.82. The van der Waals surface area contributed by atoms with Gasteiger partial charge in [-0.3, -0.25) is 4.57 Å². The van der Waals surface area contributed by atoms with Crippen LogP contribution in [0.4, 0.5) is 26.4 Å². The quantitative estimate of drug-likeness (QED) is 0.300. The molecule has 0 bridgehead atoms. The van der Waals surface area contributed by atoms with E-state index >= 15 is 0 Å². The van der Waals surface area contributed by atoms with Gasteiger partial charge in [-0.25, -0.2) is 18.7 Å². The number of fused-ring (bicyclic) bond motifs is 1. The normalized spacial score (nSPS) is 22.4. The lowest BCUT2D eigenvalue weighted by molar-refractivity contribution is 0.0123. The van der Waals surface area contributed by atoms with Crippen molar-refractivity contribution in [3.05, 3.63) is 36.0 Å². The van der Waals surface area contributed by atoms with Gasteiger partial charge >= 0.3 is 0 Å². The van der Waals surface area contributed by atoms with Gasteiger partial charge in [0.05, 0.1) is 24.6 Å². The van der Waals surface area contributed by atoms with Crippen molar-refractivity contribution in [3.8, 4) is 0 Å². The molecule has 6 rings (SSSR count). The van der Waals surface area contributed by atoms with Crippen molar-refractivity contribution < 1.29 is 13.5 Å². The number of hydrogen-bond acceptors (Lipinski definition) is 7. The number of aromatic nitrogens is 4. The number of ether oxygens (including phenoxy) is 1. The summed E-state index contributed by atoms with van der Waals surface area (Å²) >= 11 is 0. The Balaban J connectivity index is 0.00000323. The van der Waals surface area contributed by atoms with Crippen LogP contribution in [0.25, 0.3) is 11.2 Å². The molecule has 0 radical (unpaired) electrons. The third-order valence-corrected chi connectivity index (χ3v) is 8.52. The van der Waals surface area contributed by atoms with Gasteiger partial charge in [0, 0.05) is 24.7 Å². The van der Waals surface area contributed by atoms with Crippen molar-refractivity contribution in [1.29, 1.82) is 0 Å². The average Bonchev–Trinajstić information content (AvgIpc) is 3.59. The first-order chi connectivity index (χ1) is 19.1. The summed E-state index contributed by atoms with van der Waals surface area (Å²) in [6.07, 6.45) is 14.5. The van der Waals surface area contributed by atoms with E-state index in [1.54, 1.807) is 6.20 Å². The molecule has 1 saturated heterocycles. The number of halogens is 2. The maximum atomic E-state index is 14.4. The van der Waals surface area contributed by atoms with Crippen LogP contribution in [0.2, 0.25) is 0 Å². The van der Waals surface area contributed by atoms with Gasteiger partial charge in [0.1, 0.15) is 17.2 Å². The molecule has 1 aliphatic heterocycles. The monoisotopic (exact) mass is 555 g/mol. The SMILES string of the molecule is C.Fc1ccc(Nc2nc3cnc(NC4CCC(OCCN5CCCCC5)CC4)nc3n2C2CCCC2)c(F)c1. The zero-order valence-electron chi connectivity index (χ0n) is 22.5. The standard InChI is InChI=1S/C29H39F2N7O.CH4/c30-20-8-13-25(24(31)18-20)34-29-35-26-19-32-28(36-27(26)38(29)22-6-2-3-7-22)33-21-9-11-23(12-10-21)39-17-16-37-14-4-1-5-15-37;/h8,13,18-19,21-23H,1-7,9-12,14-17H2,(H,34,35)(H,32,33,36);1H4. The molecular weight excluding hydrogens is 512 g/mol. The Morgan fingerprint density at radius 2 is 1.70 bits per heavy atom. The van der Waals surface area contributed by atoms with E-state index in [1.165, 1.54) is 44.5 Å². The minimum absolute atomic E-state index is 0. The molecule has 0 unspecified atom stereocenters. The maximum absolute atomic E-state index is 14.4. The minimum Gasteiger partial charge on any atom is -0.377 e. The third kappa shape index (κ3) is 6.71. The first-order valence-corrected chi connectivity index (χ1v) is 14.7. The minimum atomic E-state index is -0.653. The average molecular weight is 556 g/mol. The van der Waals surface area contributed by atoms with Crippen LogP contribution >= 0.6 is 0 Å². The maximum Gasteiger partial charge on any atom is 0.224 e. The van der Waals surface area contributed by atoms with Gasteiger partial charge in [-0.05, 0) is 76.6 Å². The molecule has 2 aliphatic carbocycles. The number of imidazole rings is 1. The Hall–Kier alpha value is -2.85. The molecule has 0 amide bonds. The Bertz CT molecular complexity index is 1250. The second-order valence-corrected chi connectivity index (χ2v) is 11.3. The molecule has 2 aromatic heterocycles. The summed E-state index contributed by atoms with van der Waals surface area (Å²) in [7, 11) is 0. The molecule has 218 valence electrons. The summed E-state index contributed by atoms with van der Waals surface area (Å²) in [6.45, 7) is 4.30. The summed E-state index contributed by atoms with van der Waals surface area (Å²) in [5.41, 5.74) is 1.58. The van der Waals surface area contributed by atoms with Gasteiger partial charge in [-0.1, -0.05) is 26.7 Å². The predicted molar refractivity (Wildman–Crippen MR) is 155 cm³/mol. The number of anilines is 3. The lowest BCUT2D eigenvalue weighted by Crippen LogP contribution is -2.35. The summed E-state index contributed by atoms with van der Waals surface area (Å²) in [4.78, 5) is 16.7. The zero-order valence-corrected chi connectivity index (χ0v) is 22.5. The van der Waals surface area contributed by atoms with Crippen molar-refractivity contribution in [1.82, 2.24) is 24.4 Å². The highest BCUT2D eigenvalue weighted by molar-refractivity contribution is 5.76. The zero-order chi connectivity index (χ0) is 26.6. The van der Waals surface area contributed by atoms with Crippen LogP contribution in [0.3, 0.4) is 0 Å². The number of likely N-dealkylation sites (tertiary alicyclic amines) is 1. The molecule has 3 fully saturated rings. The van der Waals surface area contributed by atoms with Crippen LogP contribution in [0.1, 0.15) is 84.1 Å². The van der Waals surface area contributed by atoms with Crippen LogP contribution < -0.4 is 10.6 Å². The van der Waals surface area contributed by atoms with Crippen LogP contribution in [-0.2, 0) is 4.74 Å². The fourth-order valence-electron chi connectivity index (χ4n) is 6.36. The van der Waals surface area contributed by atoms with Crippen LogP contribution in [-0.4, -0.2) is 62.8 Å². The first-order valence-electron chi connectivity index (χ1n) is 14.7. The van der Waals surface area contributed by atoms with E-state index < -0.39 is 11.6 Å². The largest absolute Gasteiger partial charge is 0.377 e. The molecular formula is C30H43F2N7O. The molecule has 2 N–H and O–H groups in total. The third-order valence-electron chi connectivity index (χ3n) is 8.52. The van der Waals surface area contributed by atoms with E-state index in [1.807, 2.05) is 0 Å². The molecule has 0 atom stereocenters. The molecule has 0 spiro atoms. The smallest absolute Gasteiger partial charge is 0.224 e. The number of nitrogens with one attached hydrogen (secondary N) is 2. The Kier molecular flexibility index (Phi) is 9.47. The fourth-order valence-corrected chi connectivity index (χ4v) is 6.36. The molecule has 2 saturated carbocycles. The van der Waals surface area contributed by atoms with Gasteiger partial charge in [-0.15, -0.1) is 0 Å². The molecule has 3 aromatic rings. The van der Waals surface area contributed by atoms with E-state index in [2.05, 4.69) is 25.1 Å². The topological polar surface area (TPSA) is 80.1 Å². The van der Waals surface area contributed by atoms with Crippen molar-refractivity contribution in [2.75, 3.05) is 36.9 Å². The molecule has 3 heterocycles. The van der Waals surface area contributed by atoms with Gasteiger partial charge in [0.2, 0.25) is 11.9 Å². The van der Waals surface area contributed by atoms with Crippen LogP contribution in [0.5, 0.6) is 0 Å². The van der Waals surface area contributed by atoms with Crippen molar-refractivity contribution in [2.45, 2.75) is 96.2 Å². The van der Waals surface area contributed by atoms with Crippen LogP contribution in [0.15, 0.2) is 24.4 Å². The van der Waals surface area contributed by atoms with Crippen molar-refractivity contribution in [3.63, 3.8) is 0 Å². The van der Waals surface area contributed by atoms with E-state index in [4.69, 9.17) is 14.7 Å². The molecule has 8 nitrogen and oxygen atoms in total. The van der Waals surface area contributed by atoms with Gasteiger partial charge in [-0.2, -0.15) is 4.98 Å². The molecule has 40 heavy (non-hydrogen) atoms. The van der Waals surface area contributed by atoms with E-state index in [-0.39, 0.29) is 19.2 Å². The van der Waals surface area contributed by atoms with Gasteiger partial charge in [0.25, 0.3) is 0 Å². The highest BCUT2D eigenvalue weighted by Gasteiger charge is 2.26. The van der Waals surface area contributed by atoms with Crippen molar-refractivity contribution in [2.24, 2.45) is 0 Å². The molecule has 3 aliphatic rings. The highest BCUT2D eigenvalue weighted by Crippen LogP contribution is 2.36. The van der Waals surface area contributed by atoms with Gasteiger partial charge in [0.15, 0.2) is 5.65 Å². The second-order valence-electron chi connectivity index (χ2n) is 11.3. The number of rotatable bonds is 9. The van der Waals surface area contributed by atoms with Gasteiger partial charge < -0.3 is 20.3 Å². The molecule has 1 aromatic carbocycles.